The van der Waals surface area contributed by atoms with Gasteiger partial charge in [-0.1, -0.05) is 0 Å². The number of nitrogens with zero attached hydrogens (tertiary/aromatic N) is 2. The van der Waals surface area contributed by atoms with Crippen LogP contribution in [0.4, 0.5) is 26.3 Å². The van der Waals surface area contributed by atoms with Gasteiger partial charge in [-0.3, -0.25) is 0 Å². The summed E-state index contributed by atoms with van der Waals surface area (Å²) in [6, 6.07) is 4.03. The second kappa shape index (κ2) is 4.29. The summed E-state index contributed by atoms with van der Waals surface area (Å²) in [5.41, 5.74) is -2.07. The van der Waals surface area contributed by atoms with Gasteiger partial charge in [-0.05, 0) is 30.3 Å². The molecule has 0 aliphatic rings. The number of benzene rings is 1. The fourth-order valence-corrected chi connectivity index (χ4v) is 1.52. The van der Waals surface area contributed by atoms with E-state index in [4.69, 9.17) is 0 Å². The average molecular weight is 280 g/mol. The van der Waals surface area contributed by atoms with Gasteiger partial charge in [-0.25, -0.2) is 4.68 Å². The molecule has 2 aromatic rings. The summed E-state index contributed by atoms with van der Waals surface area (Å²) in [5.74, 6) is 0. The Labute approximate surface area is 103 Å². The van der Waals surface area contributed by atoms with Crippen LogP contribution in [0.1, 0.15) is 11.3 Å². The molecule has 0 aliphatic carbocycles. The van der Waals surface area contributed by atoms with E-state index in [0.29, 0.717) is 16.8 Å². The fourth-order valence-electron chi connectivity index (χ4n) is 1.52. The molecule has 2 rings (SSSR count). The van der Waals surface area contributed by atoms with Crippen molar-refractivity contribution in [2.45, 2.75) is 12.4 Å². The second-order valence-corrected chi connectivity index (χ2v) is 3.67. The van der Waals surface area contributed by atoms with Crippen molar-refractivity contribution in [1.29, 1.82) is 0 Å². The Balaban J connectivity index is 2.42. The average Bonchev–Trinajstić information content (AvgIpc) is 2.76. The zero-order valence-corrected chi connectivity index (χ0v) is 9.13. The van der Waals surface area contributed by atoms with Crippen molar-refractivity contribution in [2.24, 2.45) is 0 Å². The van der Waals surface area contributed by atoms with Gasteiger partial charge in [0, 0.05) is 0 Å². The third-order valence-corrected chi connectivity index (χ3v) is 2.37. The van der Waals surface area contributed by atoms with Crippen molar-refractivity contribution < 1.29 is 26.3 Å². The molecule has 1 aromatic heterocycles. The Morgan fingerprint density at radius 3 is 1.84 bits per heavy atom. The molecule has 19 heavy (non-hydrogen) atoms. The van der Waals surface area contributed by atoms with Crippen LogP contribution in [-0.4, -0.2) is 9.78 Å². The molecule has 0 amide bonds. The van der Waals surface area contributed by atoms with E-state index < -0.39 is 23.6 Å². The van der Waals surface area contributed by atoms with Crippen LogP contribution in [0.25, 0.3) is 5.69 Å². The third-order valence-electron chi connectivity index (χ3n) is 2.37. The molecule has 0 spiro atoms. The number of rotatable bonds is 1. The molecular weight excluding hydrogens is 274 g/mol. The highest BCUT2D eigenvalue weighted by Gasteiger charge is 2.35. The third kappa shape index (κ3) is 2.72. The van der Waals surface area contributed by atoms with E-state index in [2.05, 4.69) is 5.10 Å². The Kier molecular flexibility index (Phi) is 3.03. The van der Waals surface area contributed by atoms with Crippen molar-refractivity contribution in [3.63, 3.8) is 0 Å². The SMILES string of the molecule is FC(F)(F)c1ccc(-n2nccc2C(F)(F)F)cc1. The zero-order chi connectivity index (χ0) is 14.3. The molecule has 0 N–H and O–H groups in total. The maximum Gasteiger partial charge on any atom is 0.433 e. The summed E-state index contributed by atoms with van der Waals surface area (Å²) < 4.78 is 75.3. The van der Waals surface area contributed by atoms with E-state index in [-0.39, 0.29) is 5.69 Å². The number of halogens is 6. The monoisotopic (exact) mass is 280 g/mol. The molecule has 0 aliphatic heterocycles. The summed E-state index contributed by atoms with van der Waals surface area (Å²) in [7, 11) is 0. The second-order valence-electron chi connectivity index (χ2n) is 3.67. The van der Waals surface area contributed by atoms with Gasteiger partial charge in [0.25, 0.3) is 0 Å². The van der Waals surface area contributed by atoms with E-state index in [0.717, 1.165) is 24.4 Å². The van der Waals surface area contributed by atoms with E-state index >= 15 is 0 Å². The largest absolute Gasteiger partial charge is 0.433 e. The highest BCUT2D eigenvalue weighted by Crippen LogP contribution is 2.32. The van der Waals surface area contributed by atoms with Crippen LogP contribution >= 0.6 is 0 Å². The van der Waals surface area contributed by atoms with Crippen molar-refractivity contribution in [2.75, 3.05) is 0 Å². The summed E-state index contributed by atoms with van der Waals surface area (Å²) >= 11 is 0. The molecule has 8 heteroatoms. The van der Waals surface area contributed by atoms with Crippen LogP contribution in [-0.2, 0) is 12.4 Å². The van der Waals surface area contributed by atoms with Gasteiger partial charge >= 0.3 is 12.4 Å². The molecule has 0 saturated carbocycles. The summed E-state index contributed by atoms with van der Waals surface area (Å²) in [6.45, 7) is 0. The molecule has 0 saturated heterocycles. The van der Waals surface area contributed by atoms with Gasteiger partial charge in [0.05, 0.1) is 17.4 Å². The maximum absolute atomic E-state index is 12.6. The molecule has 0 bridgehead atoms. The van der Waals surface area contributed by atoms with Crippen molar-refractivity contribution in [3.05, 3.63) is 47.8 Å². The van der Waals surface area contributed by atoms with Crippen LogP contribution in [0.3, 0.4) is 0 Å². The molecule has 0 fully saturated rings. The van der Waals surface area contributed by atoms with E-state index in [1.165, 1.54) is 0 Å². The molecule has 1 aromatic carbocycles. The number of alkyl halides is 6. The topological polar surface area (TPSA) is 17.8 Å². The molecule has 0 radical (unpaired) electrons. The van der Waals surface area contributed by atoms with Crippen LogP contribution < -0.4 is 0 Å². The quantitative estimate of drug-likeness (QED) is 0.724. The lowest BCUT2D eigenvalue weighted by Gasteiger charge is -2.11. The number of hydrogen-bond donors (Lipinski definition) is 0. The van der Waals surface area contributed by atoms with E-state index in [1.807, 2.05) is 0 Å². The summed E-state index contributed by atoms with van der Waals surface area (Å²) in [4.78, 5) is 0. The van der Waals surface area contributed by atoms with Gasteiger partial charge in [0.15, 0.2) is 0 Å². The van der Waals surface area contributed by atoms with Gasteiger partial charge in [0.1, 0.15) is 5.69 Å². The molecule has 0 unspecified atom stereocenters. The minimum absolute atomic E-state index is 0.0923. The van der Waals surface area contributed by atoms with E-state index in [9.17, 15) is 26.3 Å². The van der Waals surface area contributed by atoms with Gasteiger partial charge in [-0.15, -0.1) is 0 Å². The summed E-state index contributed by atoms with van der Waals surface area (Å²) in [6.07, 6.45) is -8.23. The minimum atomic E-state index is -4.63. The lowest BCUT2D eigenvalue weighted by molar-refractivity contribution is -0.143. The zero-order valence-electron chi connectivity index (χ0n) is 9.13. The predicted molar refractivity (Wildman–Crippen MR) is 53.6 cm³/mol. The Morgan fingerprint density at radius 1 is 0.789 bits per heavy atom. The van der Waals surface area contributed by atoms with Crippen LogP contribution in [0.5, 0.6) is 0 Å². The molecular formula is C11H6F6N2. The van der Waals surface area contributed by atoms with Gasteiger partial charge in [0.2, 0.25) is 0 Å². The molecule has 2 nitrogen and oxygen atoms in total. The normalized spacial score (nSPS) is 12.7. The highest BCUT2D eigenvalue weighted by molar-refractivity contribution is 5.36. The van der Waals surface area contributed by atoms with Crippen molar-refractivity contribution >= 4 is 0 Å². The standard InChI is InChI=1S/C11H6F6N2/c12-10(13,14)7-1-3-8(4-2-7)19-9(5-6-18-19)11(15,16)17/h1-6H. The molecule has 102 valence electrons. The Hall–Kier alpha value is -1.99. The van der Waals surface area contributed by atoms with Crippen molar-refractivity contribution in [1.82, 2.24) is 9.78 Å². The first kappa shape index (κ1) is 13.4. The maximum atomic E-state index is 12.6. The Bertz CT molecular complexity index is 564. The van der Waals surface area contributed by atoms with Crippen LogP contribution in [0.15, 0.2) is 36.5 Å². The molecule has 1 heterocycles. The smallest absolute Gasteiger partial charge is 0.229 e. The van der Waals surface area contributed by atoms with Crippen molar-refractivity contribution in [3.8, 4) is 5.69 Å². The van der Waals surface area contributed by atoms with Gasteiger partial charge < -0.3 is 0 Å². The van der Waals surface area contributed by atoms with Crippen LogP contribution in [0, 0.1) is 0 Å². The van der Waals surface area contributed by atoms with E-state index in [1.54, 1.807) is 0 Å². The first-order chi connectivity index (χ1) is 8.69. The molecule has 0 atom stereocenters. The minimum Gasteiger partial charge on any atom is -0.229 e. The lowest BCUT2D eigenvalue weighted by atomic mass is 10.2. The predicted octanol–water partition coefficient (Wildman–Crippen LogP) is 3.91. The van der Waals surface area contributed by atoms with Crippen LogP contribution in [0.2, 0.25) is 0 Å². The first-order valence-corrected chi connectivity index (χ1v) is 4.98. The fraction of sp³-hybridized carbons (Fsp3) is 0.182. The summed E-state index contributed by atoms with van der Waals surface area (Å²) in [5, 5.41) is 3.46. The number of aromatic nitrogens is 2. The first-order valence-electron chi connectivity index (χ1n) is 4.98. The number of hydrogen-bond acceptors (Lipinski definition) is 1. The Morgan fingerprint density at radius 2 is 1.37 bits per heavy atom. The highest BCUT2D eigenvalue weighted by atomic mass is 19.4. The van der Waals surface area contributed by atoms with Gasteiger partial charge in [-0.2, -0.15) is 31.4 Å². The lowest BCUT2D eigenvalue weighted by Crippen LogP contribution is -2.13.